The normalized spacial score (nSPS) is 10.0. The predicted molar refractivity (Wildman–Crippen MR) is 126 cm³/mol. The average molecular weight is 624 g/mol. The Balaban J connectivity index is 0. The molecule has 0 fully saturated rings. The van der Waals surface area contributed by atoms with Crippen LogP contribution in [-0.4, -0.2) is 0 Å². The van der Waals surface area contributed by atoms with Gasteiger partial charge in [0.25, 0.3) is 0 Å². The van der Waals surface area contributed by atoms with Crippen molar-refractivity contribution in [3.8, 4) is 0 Å². The van der Waals surface area contributed by atoms with Crippen molar-refractivity contribution >= 4 is 21.5 Å². The first kappa shape index (κ1) is 34.2. The third-order valence-electron chi connectivity index (χ3n) is 5.12. The molecule has 4 heteroatoms. The number of fused-ring (bicyclic) bond motifs is 2. The molecule has 0 radical (unpaired) electrons. The molecule has 4 aromatic carbocycles. The Hall–Kier alpha value is 0.00623. The molecule has 4 aromatic rings. The summed E-state index contributed by atoms with van der Waals surface area (Å²) >= 11 is 0. The molecule has 0 spiro atoms. The molecule has 0 aliphatic heterocycles. The van der Waals surface area contributed by atoms with Crippen LogP contribution in [0.5, 0.6) is 0 Å². The fraction of sp³-hybridized carbons (Fsp3) is 0.357. The van der Waals surface area contributed by atoms with E-state index in [0.29, 0.717) is 0 Å². The Morgan fingerprint density at radius 3 is 1.25 bits per heavy atom. The first-order valence-corrected chi connectivity index (χ1v) is 10.6. The third-order valence-corrected chi connectivity index (χ3v) is 5.12. The summed E-state index contributed by atoms with van der Waals surface area (Å²) in [7, 11) is 0. The quantitative estimate of drug-likeness (QED) is 0.306. The second kappa shape index (κ2) is 15.8. The van der Waals surface area contributed by atoms with Crippen LogP contribution in [0.4, 0.5) is 0 Å². The van der Waals surface area contributed by atoms with Gasteiger partial charge in [0.05, 0.1) is 0 Å². The molecule has 0 aliphatic rings. The van der Waals surface area contributed by atoms with Crippen LogP contribution in [0.3, 0.4) is 0 Å². The molecule has 0 atom stereocenters. The van der Waals surface area contributed by atoms with Crippen LogP contribution >= 0.6 is 0 Å². The smallest absolute Gasteiger partial charge is 1.00 e. The molecule has 0 aliphatic carbocycles. The van der Waals surface area contributed by atoms with E-state index in [9.17, 15) is 0 Å². The van der Waals surface area contributed by atoms with Crippen LogP contribution in [0, 0.1) is 25.7 Å². The summed E-state index contributed by atoms with van der Waals surface area (Å²) in [6.45, 7) is 13.4. The molecule has 0 amide bonds. The molecule has 4 rings (SSSR count). The van der Waals surface area contributed by atoms with E-state index in [2.05, 4.69) is 102 Å². The zero-order valence-electron chi connectivity index (χ0n) is 20.1. The fourth-order valence-electron chi connectivity index (χ4n) is 4.02. The van der Waals surface area contributed by atoms with E-state index in [1.54, 1.807) is 0 Å². The van der Waals surface area contributed by atoms with Crippen LogP contribution in [0.15, 0.2) is 60.7 Å². The van der Waals surface area contributed by atoms with E-state index in [4.69, 9.17) is 0 Å². The minimum atomic E-state index is 0. The maximum Gasteiger partial charge on any atom is 2.00 e. The summed E-state index contributed by atoms with van der Waals surface area (Å²) in [5.74, 6) is 1.48. The van der Waals surface area contributed by atoms with Gasteiger partial charge in [0.1, 0.15) is 0 Å². The van der Waals surface area contributed by atoms with Crippen molar-refractivity contribution in [1.82, 2.24) is 0 Å². The van der Waals surface area contributed by atoms with E-state index in [-0.39, 0.29) is 77.2 Å². The molecule has 32 heavy (non-hydrogen) atoms. The Kier molecular flexibility index (Phi) is 16.9. The van der Waals surface area contributed by atoms with Gasteiger partial charge in [-0.15, -0.1) is 81.2 Å². The molecular formula is C28H34Cl2Zr2. The SMILES string of the molecule is Cc1cc2cc(CC(C)C)ccc2[cH-]1.Cc1cc2cc(CC(C)C)ccc2[cH-]1.[Cl-].[Cl-].[Zr+2].[Zr+2]. The van der Waals surface area contributed by atoms with Crippen molar-refractivity contribution in [3.63, 3.8) is 0 Å². The van der Waals surface area contributed by atoms with Gasteiger partial charge < -0.3 is 24.8 Å². The molecule has 0 nitrogen and oxygen atoms in total. The zero-order valence-corrected chi connectivity index (χ0v) is 26.5. The van der Waals surface area contributed by atoms with Crippen LogP contribution in [0.1, 0.15) is 49.9 Å². The zero-order chi connectivity index (χ0) is 20.3. The predicted octanol–water partition coefficient (Wildman–Crippen LogP) is 2.13. The van der Waals surface area contributed by atoms with Crippen LogP contribution < -0.4 is 24.8 Å². The fourth-order valence-corrected chi connectivity index (χ4v) is 4.02. The van der Waals surface area contributed by atoms with E-state index in [1.165, 1.54) is 56.6 Å². The number of benzene rings is 2. The van der Waals surface area contributed by atoms with Gasteiger partial charge in [-0.1, -0.05) is 52.7 Å². The van der Waals surface area contributed by atoms with Gasteiger partial charge >= 0.3 is 52.4 Å². The van der Waals surface area contributed by atoms with Crippen LogP contribution in [0.25, 0.3) is 21.5 Å². The van der Waals surface area contributed by atoms with Gasteiger partial charge in [-0.3, -0.25) is 0 Å². The summed E-state index contributed by atoms with van der Waals surface area (Å²) in [6.07, 6.45) is 2.36. The maximum atomic E-state index is 2.32. The maximum absolute atomic E-state index is 2.32. The van der Waals surface area contributed by atoms with Gasteiger partial charge in [-0.2, -0.15) is 12.1 Å². The topological polar surface area (TPSA) is 0 Å². The molecule has 0 saturated heterocycles. The third kappa shape index (κ3) is 10.1. The van der Waals surface area contributed by atoms with Crippen molar-refractivity contribution in [2.45, 2.75) is 54.4 Å². The van der Waals surface area contributed by atoms with E-state index < -0.39 is 0 Å². The van der Waals surface area contributed by atoms with Gasteiger partial charge in [-0.25, -0.2) is 0 Å². The van der Waals surface area contributed by atoms with Crippen molar-refractivity contribution in [2.24, 2.45) is 11.8 Å². The van der Waals surface area contributed by atoms with Gasteiger partial charge in [0, 0.05) is 0 Å². The van der Waals surface area contributed by atoms with Gasteiger partial charge in [0.15, 0.2) is 0 Å². The minimum Gasteiger partial charge on any atom is -1.00 e. The van der Waals surface area contributed by atoms with Crippen molar-refractivity contribution in [3.05, 3.63) is 82.9 Å². The molecule has 0 aromatic heterocycles. The molecule has 0 heterocycles. The van der Waals surface area contributed by atoms with Gasteiger partial charge in [-0.05, 0) is 24.7 Å². The monoisotopic (exact) mass is 620 g/mol. The molecular weight excluding hydrogens is 590 g/mol. The second-order valence-electron chi connectivity index (χ2n) is 9.19. The van der Waals surface area contributed by atoms with Crippen LogP contribution in [-0.2, 0) is 65.2 Å². The Morgan fingerprint density at radius 1 is 0.594 bits per heavy atom. The summed E-state index contributed by atoms with van der Waals surface area (Å²) in [4.78, 5) is 0. The largest absolute Gasteiger partial charge is 2.00 e. The number of hydrogen-bond donors (Lipinski definition) is 0. The van der Waals surface area contributed by atoms with Crippen molar-refractivity contribution in [2.75, 3.05) is 0 Å². The minimum absolute atomic E-state index is 0. The summed E-state index contributed by atoms with van der Waals surface area (Å²) in [6, 6.07) is 22.6. The molecule has 0 N–H and O–H groups in total. The first-order chi connectivity index (χ1) is 13.3. The summed E-state index contributed by atoms with van der Waals surface area (Å²) < 4.78 is 0. The second-order valence-corrected chi connectivity index (χ2v) is 9.19. The van der Waals surface area contributed by atoms with Crippen molar-refractivity contribution in [1.29, 1.82) is 0 Å². The number of hydrogen-bond acceptors (Lipinski definition) is 0. The Morgan fingerprint density at radius 2 is 0.938 bits per heavy atom. The summed E-state index contributed by atoms with van der Waals surface area (Å²) in [5, 5.41) is 5.52. The first-order valence-electron chi connectivity index (χ1n) is 10.6. The average Bonchev–Trinajstić information content (AvgIpc) is 3.14. The van der Waals surface area contributed by atoms with E-state index in [1.807, 2.05) is 0 Å². The Labute approximate surface area is 245 Å². The van der Waals surface area contributed by atoms with E-state index in [0.717, 1.165) is 11.8 Å². The molecule has 0 saturated carbocycles. The molecule has 168 valence electrons. The van der Waals surface area contributed by atoms with Crippen LogP contribution in [0.2, 0.25) is 0 Å². The Bertz CT molecular complexity index is 972. The van der Waals surface area contributed by atoms with E-state index >= 15 is 0 Å². The van der Waals surface area contributed by atoms with Crippen molar-refractivity contribution < 1.29 is 77.2 Å². The number of halogens is 2. The van der Waals surface area contributed by atoms with Gasteiger partial charge in [0.2, 0.25) is 0 Å². The number of aryl methyl sites for hydroxylation is 2. The summed E-state index contributed by atoms with van der Waals surface area (Å²) in [5.41, 5.74) is 5.64. The molecule has 0 bridgehead atoms. The standard InChI is InChI=1S/2C14H17.2ClH.2Zr/c2*1-10(2)6-12-4-5-13-7-11(3)8-14(13)9-12;;;;/h2*4-5,7-10H,6H2,1-3H3;2*1H;;/q2*-1;;;2*+2/p-2. The molecule has 0 unspecified atom stereocenters. The number of rotatable bonds is 4.